The molecule has 1 aliphatic rings. The number of carbonyl (C=O) groups is 3. The smallest absolute Gasteiger partial charge is 0.310 e. The molecule has 6 nitrogen and oxygen atoms in total. The Morgan fingerprint density at radius 2 is 2.13 bits per heavy atom. The van der Waals surface area contributed by atoms with Crippen LogP contribution in [0.2, 0.25) is 5.02 Å². The molecule has 1 aromatic carbocycles. The van der Waals surface area contributed by atoms with Crippen molar-refractivity contribution in [3.05, 3.63) is 23.2 Å². The number of fused-ring (bicyclic) bond motifs is 1. The van der Waals surface area contributed by atoms with Gasteiger partial charge in [0.1, 0.15) is 0 Å². The molecule has 1 heterocycles. The van der Waals surface area contributed by atoms with Gasteiger partial charge in [0.2, 0.25) is 11.8 Å². The molecule has 0 radical (unpaired) electrons. The summed E-state index contributed by atoms with van der Waals surface area (Å²) in [7, 11) is 0. The van der Waals surface area contributed by atoms with Crippen LogP contribution in [0.3, 0.4) is 0 Å². The van der Waals surface area contributed by atoms with Crippen molar-refractivity contribution >= 4 is 46.8 Å². The van der Waals surface area contributed by atoms with Gasteiger partial charge in [-0.2, -0.15) is 0 Å². The van der Waals surface area contributed by atoms with Crippen LogP contribution < -0.4 is 10.6 Å². The van der Waals surface area contributed by atoms with Gasteiger partial charge in [-0.25, -0.2) is 0 Å². The number of rotatable bonds is 5. The minimum atomic E-state index is -1.05. The summed E-state index contributed by atoms with van der Waals surface area (Å²) in [6.45, 7) is 3.06. The van der Waals surface area contributed by atoms with Gasteiger partial charge in [-0.15, -0.1) is 11.8 Å². The maximum atomic E-state index is 12.1. The van der Waals surface area contributed by atoms with Crippen LogP contribution in [0.5, 0.6) is 0 Å². The van der Waals surface area contributed by atoms with Gasteiger partial charge in [0.25, 0.3) is 0 Å². The number of benzene rings is 1. The molecule has 3 N–H and O–H groups in total. The number of carboxylic acid groups (broad SMARTS) is 1. The third-order valence-corrected chi connectivity index (χ3v) is 4.95. The Morgan fingerprint density at radius 1 is 1.43 bits per heavy atom. The van der Waals surface area contributed by atoms with E-state index < -0.39 is 16.6 Å². The highest BCUT2D eigenvalue weighted by molar-refractivity contribution is 8.01. The molecule has 1 unspecified atom stereocenters. The number of amides is 2. The van der Waals surface area contributed by atoms with Crippen LogP contribution in [0, 0.1) is 5.41 Å². The number of halogens is 1. The van der Waals surface area contributed by atoms with Gasteiger partial charge in [0.15, 0.2) is 0 Å². The fourth-order valence-electron chi connectivity index (χ4n) is 1.89. The highest BCUT2D eigenvalue weighted by Gasteiger charge is 2.31. The predicted molar refractivity (Wildman–Crippen MR) is 88.8 cm³/mol. The number of hydrogen-bond donors (Lipinski definition) is 3. The summed E-state index contributed by atoms with van der Waals surface area (Å²) in [6, 6.07) is 5.17. The molecule has 0 bridgehead atoms. The van der Waals surface area contributed by atoms with Crippen molar-refractivity contribution in [2.75, 3.05) is 11.9 Å². The maximum Gasteiger partial charge on any atom is 0.310 e. The van der Waals surface area contributed by atoms with Gasteiger partial charge >= 0.3 is 5.97 Å². The summed E-state index contributed by atoms with van der Waals surface area (Å²) in [6.07, 6.45) is -0.0196. The average molecular weight is 357 g/mol. The molecular formula is C15H17ClN2O4S. The van der Waals surface area contributed by atoms with Crippen LogP contribution in [0.1, 0.15) is 20.3 Å². The normalized spacial score (nSPS) is 17.2. The Hall–Kier alpha value is -1.73. The van der Waals surface area contributed by atoms with Crippen LogP contribution in [0.25, 0.3) is 0 Å². The van der Waals surface area contributed by atoms with E-state index in [2.05, 4.69) is 10.6 Å². The summed E-state index contributed by atoms with van der Waals surface area (Å²) in [5, 5.41) is 14.3. The first-order valence-corrected chi connectivity index (χ1v) is 8.22. The Balaban J connectivity index is 1.95. The van der Waals surface area contributed by atoms with Crippen molar-refractivity contribution in [1.29, 1.82) is 0 Å². The number of hydrogen-bond acceptors (Lipinski definition) is 4. The largest absolute Gasteiger partial charge is 0.481 e. The second kappa shape index (κ2) is 6.80. The standard InChI is InChI=1S/C15H17ClN2O4S/c1-15(2,14(21)22)7-17-12(19)6-11-13(20)18-9-5-8(16)3-4-10(9)23-11/h3-5,11H,6-7H2,1-2H3,(H,17,19)(H,18,20)(H,21,22). The van der Waals surface area contributed by atoms with Gasteiger partial charge in [-0.05, 0) is 32.0 Å². The van der Waals surface area contributed by atoms with Crippen LogP contribution in [0.15, 0.2) is 23.1 Å². The molecule has 1 aromatic rings. The minimum Gasteiger partial charge on any atom is -0.481 e. The predicted octanol–water partition coefficient (Wildman–Crippen LogP) is 2.37. The summed E-state index contributed by atoms with van der Waals surface area (Å²) >= 11 is 7.18. The summed E-state index contributed by atoms with van der Waals surface area (Å²) in [5.41, 5.74) is -0.419. The molecule has 8 heteroatoms. The topological polar surface area (TPSA) is 95.5 Å². The third kappa shape index (κ3) is 4.39. The first-order chi connectivity index (χ1) is 10.7. The molecule has 0 spiro atoms. The van der Waals surface area contributed by atoms with Crippen LogP contribution in [-0.4, -0.2) is 34.7 Å². The van der Waals surface area contributed by atoms with Gasteiger partial charge in [0, 0.05) is 22.9 Å². The third-order valence-electron chi connectivity index (χ3n) is 3.44. The fourth-order valence-corrected chi connectivity index (χ4v) is 3.16. The van der Waals surface area contributed by atoms with Crippen molar-refractivity contribution in [2.45, 2.75) is 30.4 Å². The zero-order chi connectivity index (χ0) is 17.2. The first-order valence-electron chi connectivity index (χ1n) is 6.96. The Bertz CT molecular complexity index is 663. The molecule has 1 aliphatic heterocycles. The number of aliphatic carboxylic acids is 1. The van der Waals surface area contributed by atoms with E-state index in [0.29, 0.717) is 10.7 Å². The molecule has 23 heavy (non-hydrogen) atoms. The highest BCUT2D eigenvalue weighted by atomic mass is 35.5. The lowest BCUT2D eigenvalue weighted by atomic mass is 9.94. The summed E-state index contributed by atoms with van der Waals surface area (Å²) in [4.78, 5) is 35.9. The molecule has 2 rings (SSSR count). The average Bonchev–Trinajstić information content (AvgIpc) is 2.46. The number of carboxylic acids is 1. The van der Waals surface area contributed by atoms with Crippen molar-refractivity contribution < 1.29 is 19.5 Å². The monoisotopic (exact) mass is 356 g/mol. The van der Waals surface area contributed by atoms with E-state index in [-0.39, 0.29) is 24.8 Å². The van der Waals surface area contributed by atoms with Crippen molar-refractivity contribution in [1.82, 2.24) is 5.32 Å². The van der Waals surface area contributed by atoms with E-state index in [9.17, 15) is 14.4 Å². The molecular weight excluding hydrogens is 340 g/mol. The van der Waals surface area contributed by atoms with E-state index >= 15 is 0 Å². The van der Waals surface area contributed by atoms with Crippen LogP contribution in [0.4, 0.5) is 5.69 Å². The number of thioether (sulfide) groups is 1. The SMILES string of the molecule is CC(C)(CNC(=O)CC1Sc2ccc(Cl)cc2NC1=O)C(=O)O. The lowest BCUT2D eigenvalue weighted by Crippen LogP contribution is -2.41. The highest BCUT2D eigenvalue weighted by Crippen LogP contribution is 2.38. The molecule has 1 atom stereocenters. The van der Waals surface area contributed by atoms with E-state index in [4.69, 9.17) is 16.7 Å². The van der Waals surface area contributed by atoms with Gasteiger partial charge in [-0.3, -0.25) is 14.4 Å². The molecule has 124 valence electrons. The zero-order valence-corrected chi connectivity index (χ0v) is 14.3. The van der Waals surface area contributed by atoms with E-state index in [1.165, 1.54) is 25.6 Å². The lowest BCUT2D eigenvalue weighted by Gasteiger charge is -2.24. The molecule has 0 saturated carbocycles. The maximum absolute atomic E-state index is 12.1. The molecule has 0 fully saturated rings. The summed E-state index contributed by atoms with van der Waals surface area (Å²) < 4.78 is 0. The first kappa shape index (κ1) is 17.6. The van der Waals surface area contributed by atoms with Gasteiger partial charge < -0.3 is 15.7 Å². The van der Waals surface area contributed by atoms with E-state index in [1.54, 1.807) is 18.2 Å². The van der Waals surface area contributed by atoms with E-state index in [1.807, 2.05) is 0 Å². The quantitative estimate of drug-likeness (QED) is 0.752. The zero-order valence-electron chi connectivity index (χ0n) is 12.7. The van der Waals surface area contributed by atoms with Crippen LogP contribution >= 0.6 is 23.4 Å². The molecule has 0 saturated heterocycles. The minimum absolute atomic E-state index is 0.00632. The van der Waals surface area contributed by atoms with Crippen molar-refractivity contribution in [2.24, 2.45) is 5.41 Å². The van der Waals surface area contributed by atoms with Gasteiger partial charge in [0.05, 0.1) is 16.4 Å². The Morgan fingerprint density at radius 3 is 2.78 bits per heavy atom. The lowest BCUT2D eigenvalue weighted by molar-refractivity contribution is -0.146. The second-order valence-corrected chi connectivity index (χ2v) is 7.59. The molecule has 0 aliphatic carbocycles. The number of nitrogens with one attached hydrogen (secondary N) is 2. The Labute approximate surface area is 143 Å². The molecule has 2 amide bonds. The van der Waals surface area contributed by atoms with Crippen LogP contribution in [-0.2, 0) is 14.4 Å². The van der Waals surface area contributed by atoms with E-state index in [0.717, 1.165) is 4.90 Å². The number of anilines is 1. The van der Waals surface area contributed by atoms with Crippen molar-refractivity contribution in [3.63, 3.8) is 0 Å². The molecule has 0 aromatic heterocycles. The second-order valence-electron chi connectivity index (χ2n) is 5.91. The summed E-state index contributed by atoms with van der Waals surface area (Å²) in [5.74, 6) is -1.62. The van der Waals surface area contributed by atoms with Gasteiger partial charge in [-0.1, -0.05) is 11.6 Å². The Kier molecular flexibility index (Phi) is 5.21. The number of carbonyl (C=O) groups excluding carboxylic acids is 2. The van der Waals surface area contributed by atoms with Crippen molar-refractivity contribution in [3.8, 4) is 0 Å². The fraction of sp³-hybridized carbons (Fsp3) is 0.400.